The van der Waals surface area contributed by atoms with Crippen molar-refractivity contribution in [3.05, 3.63) is 30.5 Å². The van der Waals surface area contributed by atoms with Crippen LogP contribution in [0, 0.1) is 5.82 Å². The summed E-state index contributed by atoms with van der Waals surface area (Å²) in [6.45, 7) is 0. The molecular weight excluding hydrogens is 261 g/mol. The average Bonchev–Trinajstić information content (AvgIpc) is 2.62. The molecule has 0 aliphatic heterocycles. The van der Waals surface area contributed by atoms with E-state index in [2.05, 4.69) is 14.3 Å². The minimum Gasteiger partial charge on any atom is -0.381 e. The molecule has 0 saturated heterocycles. The van der Waals surface area contributed by atoms with Gasteiger partial charge in [-0.3, -0.25) is 4.68 Å². The fraction of sp³-hybridized carbons (Fsp3) is 0.200. The molecule has 18 heavy (non-hydrogen) atoms. The van der Waals surface area contributed by atoms with Crippen molar-refractivity contribution in [2.75, 3.05) is 6.26 Å². The van der Waals surface area contributed by atoms with Gasteiger partial charge >= 0.3 is 10.1 Å². The topological polar surface area (TPSA) is 74.1 Å². The van der Waals surface area contributed by atoms with Gasteiger partial charge in [-0.15, -0.1) is 0 Å². The zero-order valence-corrected chi connectivity index (χ0v) is 10.5. The molecule has 0 unspecified atom stereocenters. The zero-order valence-electron chi connectivity index (χ0n) is 9.66. The van der Waals surface area contributed by atoms with Gasteiger partial charge in [0.2, 0.25) is 0 Å². The van der Waals surface area contributed by atoms with Crippen LogP contribution in [0.15, 0.2) is 24.7 Å². The van der Waals surface area contributed by atoms with Gasteiger partial charge in [-0.25, -0.2) is 9.37 Å². The predicted molar refractivity (Wildman–Crippen MR) is 61.9 cm³/mol. The largest absolute Gasteiger partial charge is 0.381 e. The van der Waals surface area contributed by atoms with Gasteiger partial charge in [0, 0.05) is 24.9 Å². The molecule has 0 amide bonds. The number of aryl methyl sites for hydroxylation is 1. The van der Waals surface area contributed by atoms with Gasteiger partial charge in [0.05, 0.1) is 18.6 Å². The molecule has 0 aliphatic carbocycles. The summed E-state index contributed by atoms with van der Waals surface area (Å²) in [4.78, 5) is 3.83. The number of hydrogen-bond acceptors (Lipinski definition) is 5. The minimum atomic E-state index is -3.69. The summed E-state index contributed by atoms with van der Waals surface area (Å²) in [6, 6.07) is 0.969. The fourth-order valence-electron chi connectivity index (χ4n) is 1.40. The van der Waals surface area contributed by atoms with Crippen molar-refractivity contribution >= 4 is 10.1 Å². The summed E-state index contributed by atoms with van der Waals surface area (Å²) in [5, 5.41) is 3.90. The molecular formula is C10H10FN3O3S. The maximum atomic E-state index is 13.7. The Morgan fingerprint density at radius 1 is 1.39 bits per heavy atom. The standard InChI is InChI=1S/C10H10FN3O3S/c1-14-6-7(4-13-14)10-9(11)3-8(5-12-10)17-18(2,15)16/h3-6H,1-2H3. The van der Waals surface area contributed by atoms with Crippen LogP contribution in [0.25, 0.3) is 11.3 Å². The third-order valence-electron chi connectivity index (χ3n) is 2.04. The van der Waals surface area contributed by atoms with Gasteiger partial charge < -0.3 is 4.18 Å². The van der Waals surface area contributed by atoms with Crippen molar-refractivity contribution < 1.29 is 17.0 Å². The summed E-state index contributed by atoms with van der Waals surface area (Å²) in [5.74, 6) is -0.841. The summed E-state index contributed by atoms with van der Waals surface area (Å²) in [5.41, 5.74) is 0.588. The predicted octanol–water partition coefficient (Wildman–Crippen LogP) is 0.960. The van der Waals surface area contributed by atoms with Crippen LogP contribution < -0.4 is 4.18 Å². The molecule has 0 N–H and O–H groups in total. The molecule has 2 aromatic heterocycles. The third kappa shape index (κ3) is 2.83. The van der Waals surface area contributed by atoms with Gasteiger partial charge in [0.25, 0.3) is 0 Å². The Kier molecular flexibility index (Phi) is 3.04. The van der Waals surface area contributed by atoms with Crippen LogP contribution >= 0.6 is 0 Å². The molecule has 0 radical (unpaired) electrons. The lowest BCUT2D eigenvalue weighted by atomic mass is 10.2. The summed E-state index contributed by atoms with van der Waals surface area (Å²) in [7, 11) is -1.99. The highest BCUT2D eigenvalue weighted by Gasteiger charge is 2.12. The normalized spacial score (nSPS) is 11.5. The Hall–Kier alpha value is -1.96. The van der Waals surface area contributed by atoms with E-state index in [1.165, 1.54) is 10.9 Å². The lowest BCUT2D eigenvalue weighted by Crippen LogP contribution is -2.06. The molecule has 0 spiro atoms. The fourth-order valence-corrected chi connectivity index (χ4v) is 1.84. The van der Waals surface area contributed by atoms with Crippen molar-refractivity contribution in [2.24, 2.45) is 7.05 Å². The molecule has 8 heteroatoms. The number of aromatic nitrogens is 3. The van der Waals surface area contributed by atoms with Gasteiger partial charge in [-0.05, 0) is 0 Å². The first-order valence-corrected chi connectivity index (χ1v) is 6.71. The second kappa shape index (κ2) is 4.37. The van der Waals surface area contributed by atoms with Crippen molar-refractivity contribution in [1.82, 2.24) is 14.8 Å². The number of halogens is 1. The molecule has 6 nitrogen and oxygen atoms in total. The molecule has 0 saturated carbocycles. The molecule has 2 rings (SSSR count). The van der Waals surface area contributed by atoms with Gasteiger partial charge in [-0.1, -0.05) is 0 Å². The lowest BCUT2D eigenvalue weighted by Gasteiger charge is -2.04. The number of rotatable bonds is 3. The Bertz CT molecular complexity index is 681. The SMILES string of the molecule is Cn1cc(-c2ncc(OS(C)(=O)=O)cc2F)cn1. The summed E-state index contributed by atoms with van der Waals surface area (Å²) < 4.78 is 41.6. The minimum absolute atomic E-state index is 0.0870. The van der Waals surface area contributed by atoms with E-state index in [4.69, 9.17) is 0 Å². The summed E-state index contributed by atoms with van der Waals surface area (Å²) >= 11 is 0. The smallest absolute Gasteiger partial charge is 0.306 e. The second-order valence-corrected chi connectivity index (χ2v) is 5.27. The Morgan fingerprint density at radius 2 is 2.11 bits per heavy atom. The third-order valence-corrected chi connectivity index (χ3v) is 2.54. The van der Waals surface area contributed by atoms with Crippen LogP contribution in [0.1, 0.15) is 0 Å². The number of pyridine rings is 1. The highest BCUT2D eigenvalue weighted by Crippen LogP contribution is 2.23. The van der Waals surface area contributed by atoms with E-state index in [0.717, 1.165) is 18.5 Å². The molecule has 0 atom stereocenters. The van der Waals surface area contributed by atoms with E-state index in [-0.39, 0.29) is 11.4 Å². The van der Waals surface area contributed by atoms with Gasteiger partial charge in [0.1, 0.15) is 5.69 Å². The first-order chi connectivity index (χ1) is 8.35. The van der Waals surface area contributed by atoms with Crippen LogP contribution in [-0.2, 0) is 17.2 Å². The molecule has 0 bridgehead atoms. The van der Waals surface area contributed by atoms with Crippen LogP contribution in [0.5, 0.6) is 5.75 Å². The Balaban J connectivity index is 2.36. The first-order valence-electron chi connectivity index (χ1n) is 4.89. The van der Waals surface area contributed by atoms with E-state index < -0.39 is 15.9 Å². The number of nitrogens with zero attached hydrogens (tertiary/aromatic N) is 3. The molecule has 0 aliphatic rings. The van der Waals surface area contributed by atoms with Crippen molar-refractivity contribution in [1.29, 1.82) is 0 Å². The van der Waals surface area contributed by atoms with Crippen LogP contribution in [-0.4, -0.2) is 29.4 Å². The van der Waals surface area contributed by atoms with Crippen LogP contribution in [0.3, 0.4) is 0 Å². The number of hydrogen-bond donors (Lipinski definition) is 0. The molecule has 2 heterocycles. The van der Waals surface area contributed by atoms with E-state index in [0.29, 0.717) is 5.56 Å². The molecule has 96 valence electrons. The first kappa shape index (κ1) is 12.5. The second-order valence-electron chi connectivity index (χ2n) is 3.69. The molecule has 0 aromatic carbocycles. The van der Waals surface area contributed by atoms with Gasteiger partial charge in [-0.2, -0.15) is 13.5 Å². The maximum absolute atomic E-state index is 13.7. The van der Waals surface area contributed by atoms with E-state index >= 15 is 0 Å². The molecule has 2 aromatic rings. The Morgan fingerprint density at radius 3 is 2.61 bits per heavy atom. The van der Waals surface area contributed by atoms with Gasteiger partial charge in [0.15, 0.2) is 11.6 Å². The average molecular weight is 271 g/mol. The van der Waals surface area contributed by atoms with Crippen molar-refractivity contribution in [2.45, 2.75) is 0 Å². The monoisotopic (exact) mass is 271 g/mol. The van der Waals surface area contributed by atoms with Crippen molar-refractivity contribution in [3.63, 3.8) is 0 Å². The van der Waals surface area contributed by atoms with E-state index in [1.807, 2.05) is 0 Å². The van der Waals surface area contributed by atoms with Crippen LogP contribution in [0.2, 0.25) is 0 Å². The highest BCUT2D eigenvalue weighted by molar-refractivity contribution is 7.86. The zero-order chi connectivity index (χ0) is 13.3. The summed E-state index contributed by atoms with van der Waals surface area (Å²) in [6.07, 6.45) is 5.08. The Labute approximate surface area is 103 Å². The van der Waals surface area contributed by atoms with Crippen LogP contribution in [0.4, 0.5) is 4.39 Å². The maximum Gasteiger partial charge on any atom is 0.306 e. The molecule has 0 fully saturated rings. The highest BCUT2D eigenvalue weighted by atomic mass is 32.2. The van der Waals surface area contributed by atoms with E-state index in [1.54, 1.807) is 13.2 Å². The van der Waals surface area contributed by atoms with Crippen molar-refractivity contribution in [3.8, 4) is 17.0 Å². The van der Waals surface area contributed by atoms with E-state index in [9.17, 15) is 12.8 Å². The quantitative estimate of drug-likeness (QED) is 0.777. The lowest BCUT2D eigenvalue weighted by molar-refractivity contribution is 0.488.